The summed E-state index contributed by atoms with van der Waals surface area (Å²) in [6.45, 7) is 1.73. The van der Waals surface area contributed by atoms with Gasteiger partial charge in [0.05, 0.1) is 24.8 Å². The number of hydrogen-bond donors (Lipinski definition) is 2. The van der Waals surface area contributed by atoms with Crippen LogP contribution in [0.3, 0.4) is 0 Å². The SMILES string of the molecule is COc1ccc(NS(=O)(=O)c2cccc(C(=O)NN=C(C)c3ccccc3OC)c2)cc1. The summed E-state index contributed by atoms with van der Waals surface area (Å²) in [6.07, 6.45) is 0. The molecule has 0 aliphatic heterocycles. The van der Waals surface area contributed by atoms with Crippen LogP contribution in [0.2, 0.25) is 0 Å². The highest BCUT2D eigenvalue weighted by Crippen LogP contribution is 2.20. The summed E-state index contributed by atoms with van der Waals surface area (Å²) < 4.78 is 38.3. The zero-order valence-corrected chi connectivity index (χ0v) is 18.6. The van der Waals surface area contributed by atoms with E-state index in [1.54, 1.807) is 44.4 Å². The van der Waals surface area contributed by atoms with Gasteiger partial charge in [0.1, 0.15) is 11.5 Å². The first-order chi connectivity index (χ1) is 15.3. The highest BCUT2D eigenvalue weighted by Gasteiger charge is 2.17. The lowest BCUT2D eigenvalue weighted by atomic mass is 10.1. The lowest BCUT2D eigenvalue weighted by Crippen LogP contribution is -2.20. The fourth-order valence-corrected chi connectivity index (χ4v) is 3.98. The summed E-state index contributed by atoms with van der Waals surface area (Å²) >= 11 is 0. The fraction of sp³-hybridized carbons (Fsp3) is 0.130. The number of anilines is 1. The average molecular weight is 454 g/mol. The maximum Gasteiger partial charge on any atom is 0.271 e. The van der Waals surface area contributed by atoms with Gasteiger partial charge in [0.25, 0.3) is 15.9 Å². The van der Waals surface area contributed by atoms with Crippen molar-refractivity contribution in [3.63, 3.8) is 0 Å². The largest absolute Gasteiger partial charge is 0.497 e. The molecule has 3 aromatic carbocycles. The van der Waals surface area contributed by atoms with Crippen LogP contribution in [-0.4, -0.2) is 34.3 Å². The summed E-state index contributed by atoms with van der Waals surface area (Å²) in [6, 6.07) is 19.4. The Balaban J connectivity index is 1.76. The van der Waals surface area contributed by atoms with Crippen molar-refractivity contribution in [3.05, 3.63) is 83.9 Å². The molecule has 0 aliphatic carbocycles. The van der Waals surface area contributed by atoms with E-state index in [2.05, 4.69) is 15.2 Å². The Morgan fingerprint density at radius 2 is 1.62 bits per heavy atom. The van der Waals surface area contributed by atoms with Crippen LogP contribution < -0.4 is 19.6 Å². The van der Waals surface area contributed by atoms with Crippen LogP contribution in [0.4, 0.5) is 5.69 Å². The molecule has 0 saturated carbocycles. The van der Waals surface area contributed by atoms with Crippen molar-refractivity contribution in [2.45, 2.75) is 11.8 Å². The summed E-state index contributed by atoms with van der Waals surface area (Å²) in [5.41, 5.74) is 4.25. The number of rotatable bonds is 8. The molecule has 3 aromatic rings. The zero-order valence-electron chi connectivity index (χ0n) is 17.8. The fourth-order valence-electron chi connectivity index (χ4n) is 2.88. The number of benzene rings is 3. The van der Waals surface area contributed by atoms with Crippen LogP contribution in [0.1, 0.15) is 22.8 Å². The molecule has 9 heteroatoms. The molecule has 0 bridgehead atoms. The van der Waals surface area contributed by atoms with Gasteiger partial charge in [-0.15, -0.1) is 0 Å². The number of nitrogens with one attached hydrogen (secondary N) is 2. The van der Waals surface area contributed by atoms with Crippen LogP contribution in [0.15, 0.2) is 82.8 Å². The molecule has 8 nitrogen and oxygen atoms in total. The Hall–Kier alpha value is -3.85. The molecule has 0 atom stereocenters. The molecule has 166 valence electrons. The number of carbonyl (C=O) groups is 1. The lowest BCUT2D eigenvalue weighted by molar-refractivity contribution is 0.0954. The van der Waals surface area contributed by atoms with Gasteiger partial charge in [-0.3, -0.25) is 9.52 Å². The molecule has 3 rings (SSSR count). The minimum absolute atomic E-state index is 0.0496. The Morgan fingerprint density at radius 3 is 2.31 bits per heavy atom. The molecule has 0 aliphatic rings. The summed E-state index contributed by atoms with van der Waals surface area (Å²) in [7, 11) is -0.818. The first kappa shape index (κ1) is 22.8. The van der Waals surface area contributed by atoms with E-state index in [1.165, 1.54) is 31.4 Å². The van der Waals surface area contributed by atoms with E-state index in [0.717, 1.165) is 5.56 Å². The van der Waals surface area contributed by atoms with Crippen LogP contribution in [-0.2, 0) is 10.0 Å². The minimum atomic E-state index is -3.90. The number of nitrogens with zero attached hydrogens (tertiary/aromatic N) is 1. The number of amides is 1. The number of carbonyl (C=O) groups excluding carboxylic acids is 1. The van der Waals surface area contributed by atoms with Crippen molar-refractivity contribution in [2.24, 2.45) is 5.10 Å². The number of para-hydroxylation sites is 1. The van der Waals surface area contributed by atoms with Crippen molar-refractivity contribution in [2.75, 3.05) is 18.9 Å². The number of sulfonamides is 1. The van der Waals surface area contributed by atoms with Crippen LogP contribution >= 0.6 is 0 Å². The van der Waals surface area contributed by atoms with Gasteiger partial charge in [0.2, 0.25) is 0 Å². The maximum absolute atomic E-state index is 12.7. The quantitative estimate of drug-likeness (QED) is 0.400. The van der Waals surface area contributed by atoms with Gasteiger partial charge < -0.3 is 9.47 Å². The summed E-state index contributed by atoms with van der Waals surface area (Å²) in [4.78, 5) is 12.5. The van der Waals surface area contributed by atoms with Gasteiger partial charge in [0, 0.05) is 16.8 Å². The third-order valence-corrected chi connectivity index (χ3v) is 5.95. The molecule has 0 saturated heterocycles. The maximum atomic E-state index is 12.7. The molecule has 0 spiro atoms. The predicted molar refractivity (Wildman–Crippen MR) is 123 cm³/mol. The van der Waals surface area contributed by atoms with E-state index < -0.39 is 15.9 Å². The third-order valence-electron chi connectivity index (χ3n) is 4.57. The molecule has 0 radical (unpaired) electrons. The van der Waals surface area contributed by atoms with Crippen molar-refractivity contribution in [3.8, 4) is 11.5 Å². The highest BCUT2D eigenvalue weighted by molar-refractivity contribution is 7.92. The number of hydrogen-bond acceptors (Lipinski definition) is 6. The second-order valence-electron chi connectivity index (χ2n) is 6.70. The third kappa shape index (κ3) is 5.44. The smallest absolute Gasteiger partial charge is 0.271 e. The van der Waals surface area contributed by atoms with Crippen LogP contribution in [0, 0.1) is 0 Å². The number of hydrazone groups is 1. The molecule has 0 heterocycles. The zero-order chi connectivity index (χ0) is 23.1. The van der Waals surface area contributed by atoms with Crippen molar-refractivity contribution in [1.29, 1.82) is 0 Å². The summed E-state index contributed by atoms with van der Waals surface area (Å²) in [5, 5.41) is 4.12. The van der Waals surface area contributed by atoms with Gasteiger partial charge in [0.15, 0.2) is 0 Å². The molecule has 2 N–H and O–H groups in total. The standard InChI is InChI=1S/C23H23N3O5S/c1-16(21-9-4-5-10-22(21)31-3)24-25-23(27)17-7-6-8-20(15-17)32(28,29)26-18-11-13-19(30-2)14-12-18/h4-15,26H,1-3H3,(H,25,27). The summed E-state index contributed by atoms with van der Waals surface area (Å²) in [5.74, 6) is 0.692. The molecule has 0 fully saturated rings. The average Bonchev–Trinajstić information content (AvgIpc) is 2.82. The Morgan fingerprint density at radius 1 is 0.906 bits per heavy atom. The highest BCUT2D eigenvalue weighted by atomic mass is 32.2. The van der Waals surface area contributed by atoms with E-state index >= 15 is 0 Å². The Labute approximate surface area is 186 Å². The topological polar surface area (TPSA) is 106 Å². The molecule has 0 aromatic heterocycles. The second kappa shape index (κ2) is 9.97. The minimum Gasteiger partial charge on any atom is -0.497 e. The second-order valence-corrected chi connectivity index (χ2v) is 8.38. The number of methoxy groups -OCH3 is 2. The Kier molecular flexibility index (Phi) is 7.11. The van der Waals surface area contributed by atoms with Gasteiger partial charge in [-0.1, -0.05) is 18.2 Å². The predicted octanol–water partition coefficient (Wildman–Crippen LogP) is 3.66. The molecular weight excluding hydrogens is 430 g/mol. The molecule has 32 heavy (non-hydrogen) atoms. The van der Waals surface area contributed by atoms with E-state index in [1.807, 2.05) is 18.2 Å². The first-order valence-electron chi connectivity index (χ1n) is 9.59. The van der Waals surface area contributed by atoms with Gasteiger partial charge in [-0.05, 0) is 61.5 Å². The van der Waals surface area contributed by atoms with Crippen molar-refractivity contribution in [1.82, 2.24) is 5.43 Å². The molecule has 1 amide bonds. The first-order valence-corrected chi connectivity index (χ1v) is 11.1. The van der Waals surface area contributed by atoms with E-state index in [4.69, 9.17) is 9.47 Å². The normalized spacial score (nSPS) is 11.5. The van der Waals surface area contributed by atoms with E-state index in [-0.39, 0.29) is 10.5 Å². The van der Waals surface area contributed by atoms with Crippen LogP contribution in [0.5, 0.6) is 11.5 Å². The number of ether oxygens (including phenoxy) is 2. The van der Waals surface area contributed by atoms with Crippen molar-refractivity contribution < 1.29 is 22.7 Å². The van der Waals surface area contributed by atoms with Gasteiger partial charge in [-0.2, -0.15) is 5.10 Å². The lowest BCUT2D eigenvalue weighted by Gasteiger charge is -2.10. The van der Waals surface area contributed by atoms with E-state index in [0.29, 0.717) is 22.9 Å². The van der Waals surface area contributed by atoms with Crippen LogP contribution in [0.25, 0.3) is 0 Å². The van der Waals surface area contributed by atoms with Crippen molar-refractivity contribution >= 4 is 27.3 Å². The molecular formula is C23H23N3O5S. The monoisotopic (exact) mass is 453 g/mol. The van der Waals surface area contributed by atoms with Gasteiger partial charge >= 0.3 is 0 Å². The molecule has 0 unspecified atom stereocenters. The van der Waals surface area contributed by atoms with Gasteiger partial charge in [-0.25, -0.2) is 13.8 Å². The Bertz CT molecular complexity index is 1240. The van der Waals surface area contributed by atoms with E-state index in [9.17, 15) is 13.2 Å².